The minimum atomic E-state index is -0.237. The van der Waals surface area contributed by atoms with Crippen molar-refractivity contribution in [2.75, 3.05) is 20.2 Å². The smallest absolute Gasteiger partial charge is 0.222 e. The normalized spacial score (nSPS) is 11.6. The van der Waals surface area contributed by atoms with Crippen molar-refractivity contribution in [3.05, 3.63) is 33.8 Å². The number of ether oxygens (including phenoxy) is 1. The average molecular weight is 342 g/mol. The molecule has 0 fully saturated rings. The number of carbonyl (C=O) groups excluding carboxylic acids is 1. The van der Waals surface area contributed by atoms with E-state index >= 15 is 0 Å². The molecule has 0 aliphatic heterocycles. The van der Waals surface area contributed by atoms with Gasteiger partial charge in [-0.15, -0.1) is 12.4 Å². The van der Waals surface area contributed by atoms with Crippen molar-refractivity contribution >= 4 is 41.5 Å². The van der Waals surface area contributed by atoms with Gasteiger partial charge >= 0.3 is 0 Å². The molecule has 1 aromatic carbocycles. The van der Waals surface area contributed by atoms with Gasteiger partial charge in [-0.25, -0.2) is 0 Å². The van der Waals surface area contributed by atoms with Crippen LogP contribution < -0.4 is 11.1 Å². The predicted octanol–water partition coefficient (Wildman–Crippen LogP) is 2.44. The van der Waals surface area contributed by atoms with Crippen LogP contribution in [0.5, 0.6) is 0 Å². The van der Waals surface area contributed by atoms with Crippen LogP contribution in [0.2, 0.25) is 10.0 Å². The van der Waals surface area contributed by atoms with Crippen molar-refractivity contribution in [1.82, 2.24) is 5.32 Å². The summed E-state index contributed by atoms with van der Waals surface area (Å²) in [5.41, 5.74) is 6.40. The van der Waals surface area contributed by atoms with E-state index in [2.05, 4.69) is 5.32 Å². The molecule has 1 atom stereocenters. The number of halogens is 3. The molecule has 0 spiro atoms. The number of nitrogens with two attached hydrogens (primary N) is 1. The van der Waals surface area contributed by atoms with Gasteiger partial charge in [0.2, 0.25) is 5.91 Å². The van der Waals surface area contributed by atoms with Gasteiger partial charge in [0.1, 0.15) is 0 Å². The highest BCUT2D eigenvalue weighted by Gasteiger charge is 2.11. The van der Waals surface area contributed by atoms with E-state index in [0.29, 0.717) is 29.6 Å². The Morgan fingerprint density at radius 1 is 1.45 bits per heavy atom. The fraction of sp³-hybridized carbons (Fsp3) is 0.462. The summed E-state index contributed by atoms with van der Waals surface area (Å²) in [6.07, 6.45) is 0.683. The lowest BCUT2D eigenvalue weighted by Gasteiger charge is -2.12. The van der Waals surface area contributed by atoms with Gasteiger partial charge in [-0.2, -0.15) is 0 Å². The van der Waals surface area contributed by atoms with E-state index in [1.807, 2.05) is 6.07 Å². The Morgan fingerprint density at radius 2 is 2.15 bits per heavy atom. The molecule has 0 aromatic heterocycles. The van der Waals surface area contributed by atoms with Gasteiger partial charge in [-0.3, -0.25) is 4.79 Å². The van der Waals surface area contributed by atoms with Gasteiger partial charge in [-0.05, 0) is 24.1 Å². The van der Waals surface area contributed by atoms with Crippen LogP contribution in [0.1, 0.15) is 12.0 Å². The number of amides is 1. The van der Waals surface area contributed by atoms with Crippen LogP contribution in [0.4, 0.5) is 0 Å². The Kier molecular flexibility index (Phi) is 9.98. The molecule has 1 amide bonds. The fourth-order valence-electron chi connectivity index (χ4n) is 1.60. The van der Waals surface area contributed by atoms with E-state index < -0.39 is 0 Å². The topological polar surface area (TPSA) is 64.3 Å². The molecule has 0 saturated heterocycles. The molecular formula is C13H19Cl3N2O2. The van der Waals surface area contributed by atoms with Crippen molar-refractivity contribution in [3.8, 4) is 0 Å². The predicted molar refractivity (Wildman–Crippen MR) is 84.9 cm³/mol. The first-order chi connectivity index (χ1) is 9.06. The minimum Gasteiger partial charge on any atom is -0.380 e. The van der Waals surface area contributed by atoms with E-state index in [9.17, 15) is 4.79 Å². The molecule has 3 N–H and O–H groups in total. The molecule has 0 aliphatic carbocycles. The van der Waals surface area contributed by atoms with Gasteiger partial charge in [0.25, 0.3) is 0 Å². The summed E-state index contributed by atoms with van der Waals surface area (Å²) >= 11 is 11.9. The molecule has 1 aromatic rings. The summed E-state index contributed by atoms with van der Waals surface area (Å²) in [5, 5.41) is 4.02. The third kappa shape index (κ3) is 6.77. The molecule has 0 aliphatic rings. The zero-order chi connectivity index (χ0) is 14.3. The summed E-state index contributed by atoms with van der Waals surface area (Å²) in [7, 11) is 1.54. The monoisotopic (exact) mass is 340 g/mol. The number of hydrogen-bond acceptors (Lipinski definition) is 3. The van der Waals surface area contributed by atoms with E-state index in [-0.39, 0.29) is 30.8 Å². The van der Waals surface area contributed by atoms with Crippen molar-refractivity contribution in [2.24, 2.45) is 5.73 Å². The highest BCUT2D eigenvalue weighted by Crippen LogP contribution is 2.20. The second-order valence-corrected chi connectivity index (χ2v) is 4.98. The lowest BCUT2D eigenvalue weighted by molar-refractivity contribution is -0.123. The third-order valence-electron chi connectivity index (χ3n) is 2.74. The third-order valence-corrected chi connectivity index (χ3v) is 3.33. The van der Waals surface area contributed by atoms with Crippen LogP contribution in [-0.2, 0) is 16.0 Å². The van der Waals surface area contributed by atoms with Crippen molar-refractivity contribution in [2.45, 2.75) is 18.9 Å². The van der Waals surface area contributed by atoms with Crippen molar-refractivity contribution < 1.29 is 9.53 Å². The second-order valence-electron chi connectivity index (χ2n) is 4.13. The first-order valence-corrected chi connectivity index (χ1v) is 6.76. The van der Waals surface area contributed by atoms with Gasteiger partial charge < -0.3 is 15.8 Å². The van der Waals surface area contributed by atoms with Crippen LogP contribution in [0.3, 0.4) is 0 Å². The molecule has 1 rings (SSSR count). The van der Waals surface area contributed by atoms with Gasteiger partial charge in [0.05, 0.1) is 12.5 Å². The van der Waals surface area contributed by atoms with Crippen molar-refractivity contribution in [1.29, 1.82) is 0 Å². The Bertz CT molecular complexity index is 426. The van der Waals surface area contributed by atoms with E-state index in [1.54, 1.807) is 12.1 Å². The SMILES string of the molecule is COC(CN)CC(=O)NCCc1ccc(Cl)cc1Cl.Cl. The maximum atomic E-state index is 11.6. The molecule has 0 radical (unpaired) electrons. The van der Waals surface area contributed by atoms with Crippen LogP contribution in [-0.4, -0.2) is 32.2 Å². The molecule has 0 bridgehead atoms. The first-order valence-electron chi connectivity index (χ1n) is 6.00. The Morgan fingerprint density at radius 3 is 2.70 bits per heavy atom. The Hall–Kier alpha value is -0.520. The number of carbonyl (C=O) groups is 1. The van der Waals surface area contributed by atoms with Crippen LogP contribution in [0.25, 0.3) is 0 Å². The molecule has 1 unspecified atom stereocenters. The lowest BCUT2D eigenvalue weighted by atomic mass is 10.1. The highest BCUT2D eigenvalue weighted by atomic mass is 35.5. The van der Waals surface area contributed by atoms with E-state index in [0.717, 1.165) is 5.56 Å². The number of benzene rings is 1. The number of hydrogen-bond donors (Lipinski definition) is 2. The number of rotatable bonds is 7. The lowest BCUT2D eigenvalue weighted by Crippen LogP contribution is -2.33. The van der Waals surface area contributed by atoms with Crippen LogP contribution in [0.15, 0.2) is 18.2 Å². The quantitative estimate of drug-likeness (QED) is 0.800. The molecule has 114 valence electrons. The summed E-state index contributed by atoms with van der Waals surface area (Å²) < 4.78 is 5.05. The molecule has 4 nitrogen and oxygen atoms in total. The second kappa shape index (κ2) is 10.2. The largest absolute Gasteiger partial charge is 0.380 e. The van der Waals surface area contributed by atoms with Gasteiger partial charge in [0.15, 0.2) is 0 Å². The molecule has 0 saturated carbocycles. The highest BCUT2D eigenvalue weighted by molar-refractivity contribution is 6.35. The van der Waals surface area contributed by atoms with Gasteiger partial charge in [-0.1, -0.05) is 29.3 Å². The summed E-state index contributed by atoms with van der Waals surface area (Å²) in [6.45, 7) is 0.841. The molecule has 20 heavy (non-hydrogen) atoms. The zero-order valence-corrected chi connectivity index (χ0v) is 13.5. The van der Waals surface area contributed by atoms with Crippen LogP contribution in [0, 0.1) is 0 Å². The maximum Gasteiger partial charge on any atom is 0.222 e. The summed E-state index contributed by atoms with van der Waals surface area (Å²) in [6, 6.07) is 5.32. The summed E-state index contributed by atoms with van der Waals surface area (Å²) in [5.74, 6) is -0.0811. The maximum absolute atomic E-state index is 11.6. The summed E-state index contributed by atoms with van der Waals surface area (Å²) in [4.78, 5) is 11.6. The number of nitrogens with one attached hydrogen (secondary N) is 1. The van der Waals surface area contributed by atoms with E-state index in [1.165, 1.54) is 7.11 Å². The van der Waals surface area contributed by atoms with Gasteiger partial charge in [0, 0.05) is 30.2 Å². The minimum absolute atomic E-state index is 0. The Balaban J connectivity index is 0.00000361. The molecule has 0 heterocycles. The Labute approximate surface area is 135 Å². The molecular weight excluding hydrogens is 323 g/mol. The standard InChI is InChI=1S/C13H18Cl2N2O2.ClH/c1-19-11(8-16)7-13(18)17-5-4-9-2-3-10(14)6-12(9)15;/h2-3,6,11H,4-5,7-8,16H2,1H3,(H,17,18);1H. The first kappa shape index (κ1) is 19.5. The zero-order valence-electron chi connectivity index (χ0n) is 11.2. The fourth-order valence-corrected chi connectivity index (χ4v) is 2.11. The van der Waals surface area contributed by atoms with Crippen LogP contribution >= 0.6 is 35.6 Å². The number of methoxy groups -OCH3 is 1. The average Bonchev–Trinajstić information content (AvgIpc) is 2.38. The van der Waals surface area contributed by atoms with Crippen molar-refractivity contribution in [3.63, 3.8) is 0 Å². The van der Waals surface area contributed by atoms with E-state index in [4.69, 9.17) is 33.7 Å². The molecule has 7 heteroatoms.